The average Bonchev–Trinajstić information content (AvgIpc) is 1.64. The van der Waals surface area contributed by atoms with Gasteiger partial charge in [-0.25, -0.2) is 0 Å². The van der Waals surface area contributed by atoms with Crippen molar-refractivity contribution in [3.63, 3.8) is 0 Å². The Hall–Kier alpha value is 0.850. The smallest absolute Gasteiger partial charge is 0.0521 e. The molecule has 1 rings (SSSR count). The summed E-state index contributed by atoms with van der Waals surface area (Å²) in [4.78, 5) is 0. The Balaban J connectivity index is 2.89. The van der Waals surface area contributed by atoms with Gasteiger partial charge in [0.2, 0.25) is 0 Å². The second-order valence-corrected chi connectivity index (χ2v) is 6.50. The fourth-order valence-corrected chi connectivity index (χ4v) is 3.38. The van der Waals surface area contributed by atoms with Crippen molar-refractivity contribution in [3.05, 3.63) is 21.3 Å². The van der Waals surface area contributed by atoms with E-state index >= 15 is 0 Å². The monoisotopic (exact) mass is 304 g/mol. The van der Waals surface area contributed by atoms with Crippen LogP contribution in [0, 0.1) is 0 Å². The maximum Gasteiger partial charge on any atom is 0.0521 e. The second-order valence-electron chi connectivity index (χ2n) is 1.22. The van der Waals surface area contributed by atoms with Gasteiger partial charge in [0.25, 0.3) is 0 Å². The van der Waals surface area contributed by atoms with Crippen LogP contribution in [0.4, 0.5) is 0 Å². The minimum absolute atomic E-state index is 0.117. The molecule has 0 saturated heterocycles. The molecule has 0 amide bonds. The van der Waals surface area contributed by atoms with E-state index in [-0.39, 0.29) is 20.7 Å². The lowest BCUT2D eigenvalue weighted by Crippen LogP contribution is -1.76. The fraction of sp³-hybridized carbons (Fsp3) is 0. The van der Waals surface area contributed by atoms with Crippen LogP contribution < -0.4 is 0 Å². The second kappa shape index (κ2) is 3.13. The predicted molar refractivity (Wildman–Crippen MR) is 51.0 cm³/mol. The molecular formula is C5H3BrClI. The molecule has 0 fully saturated rings. The van der Waals surface area contributed by atoms with E-state index in [4.69, 9.17) is 11.6 Å². The third kappa shape index (κ3) is 1.99. The molecule has 0 atom stereocenters. The number of allylic oxidation sites excluding steroid dienone is 3. The molecule has 0 spiro atoms. The first-order valence-corrected chi connectivity index (χ1v) is 5.48. The zero-order chi connectivity index (χ0) is 5.98. The minimum Gasteiger partial charge on any atom is -0.0843 e. The Bertz CT molecular complexity index is 178. The summed E-state index contributed by atoms with van der Waals surface area (Å²) in [5.41, 5.74) is 0. The van der Waals surface area contributed by atoms with E-state index in [9.17, 15) is 0 Å². The zero-order valence-electron chi connectivity index (χ0n) is 3.87. The van der Waals surface area contributed by atoms with Crippen LogP contribution in [0.2, 0.25) is 0 Å². The molecule has 1 aliphatic heterocycles. The molecule has 0 bridgehead atoms. The molecule has 3 heteroatoms. The average molecular weight is 305 g/mol. The van der Waals surface area contributed by atoms with Crippen molar-refractivity contribution in [1.29, 1.82) is 0 Å². The molecular weight excluding hydrogens is 302 g/mol. The maximum atomic E-state index is 5.65. The third-order valence-corrected chi connectivity index (χ3v) is 3.89. The van der Waals surface area contributed by atoms with Crippen LogP contribution in [0.5, 0.6) is 0 Å². The molecule has 1 heterocycles. The van der Waals surface area contributed by atoms with Crippen molar-refractivity contribution in [2.45, 2.75) is 0 Å². The summed E-state index contributed by atoms with van der Waals surface area (Å²) in [6.45, 7) is 0. The lowest BCUT2D eigenvalue weighted by molar-refractivity contribution is 1.98. The quantitative estimate of drug-likeness (QED) is 0.603. The summed E-state index contributed by atoms with van der Waals surface area (Å²) in [6.07, 6.45) is 3.90. The molecule has 0 nitrogen and oxygen atoms in total. The van der Waals surface area contributed by atoms with Gasteiger partial charge in [0.15, 0.2) is 0 Å². The third-order valence-electron chi connectivity index (χ3n) is 0.636. The first-order valence-electron chi connectivity index (χ1n) is 1.98. The fourth-order valence-electron chi connectivity index (χ4n) is 0.336. The van der Waals surface area contributed by atoms with Crippen molar-refractivity contribution in [1.82, 2.24) is 0 Å². The number of hydrogen-bond donors (Lipinski definition) is 0. The van der Waals surface area contributed by atoms with Gasteiger partial charge < -0.3 is 0 Å². The van der Waals surface area contributed by atoms with E-state index in [1.807, 2.05) is 12.2 Å². The summed E-state index contributed by atoms with van der Waals surface area (Å²) in [5.74, 6) is 0. The van der Waals surface area contributed by atoms with E-state index in [2.05, 4.69) is 20.0 Å². The molecule has 1 aliphatic rings. The van der Waals surface area contributed by atoms with E-state index < -0.39 is 0 Å². The van der Waals surface area contributed by atoms with Crippen LogP contribution in [0.3, 0.4) is 0 Å². The van der Waals surface area contributed by atoms with E-state index in [0.717, 1.165) is 5.03 Å². The Labute approximate surface area is 71.5 Å². The minimum atomic E-state index is 0.117. The molecule has 0 radical (unpaired) electrons. The van der Waals surface area contributed by atoms with Gasteiger partial charge in [-0.15, -0.1) is 0 Å². The number of hydrogen-bond acceptors (Lipinski definition) is 0. The van der Waals surface area contributed by atoms with Crippen molar-refractivity contribution >= 4 is 50.7 Å². The van der Waals surface area contributed by atoms with E-state index in [1.54, 1.807) is 0 Å². The molecule has 8 heavy (non-hydrogen) atoms. The Kier molecular flexibility index (Phi) is 2.72. The molecule has 0 N–H and O–H groups in total. The van der Waals surface area contributed by atoms with E-state index in [0.29, 0.717) is 0 Å². The van der Waals surface area contributed by atoms with Crippen molar-refractivity contribution < 1.29 is 0 Å². The SMILES string of the molecule is ClC1=CC(Br)=IC=C1. The number of rotatable bonds is 0. The molecule has 0 aliphatic carbocycles. The van der Waals surface area contributed by atoms with Gasteiger partial charge in [-0.2, -0.15) is 0 Å². The molecule has 0 aromatic heterocycles. The summed E-state index contributed by atoms with van der Waals surface area (Å²) in [5, 5.41) is 0.822. The van der Waals surface area contributed by atoms with Gasteiger partial charge in [-0.1, -0.05) is 32.3 Å². The number of halogens is 3. The van der Waals surface area contributed by atoms with Crippen LogP contribution in [0.1, 0.15) is 0 Å². The first-order chi connectivity index (χ1) is 3.79. The summed E-state index contributed by atoms with van der Waals surface area (Å²) in [7, 11) is 0. The zero-order valence-corrected chi connectivity index (χ0v) is 8.37. The summed E-state index contributed by atoms with van der Waals surface area (Å²) < 4.78 is 3.38. The Morgan fingerprint density at radius 1 is 1.62 bits per heavy atom. The molecule has 44 valence electrons. The van der Waals surface area contributed by atoms with Gasteiger partial charge >= 0.3 is 0 Å². The van der Waals surface area contributed by atoms with Crippen LogP contribution in [0.15, 0.2) is 21.3 Å². The van der Waals surface area contributed by atoms with E-state index in [1.165, 1.54) is 2.42 Å². The van der Waals surface area contributed by atoms with Crippen LogP contribution >= 0.6 is 48.3 Å². The standard InChI is InChI=1S/C5H3BrClI/c6-5-3-4(7)1-2-8-5/h1-3H. The molecule has 0 unspecified atom stereocenters. The summed E-state index contributed by atoms with van der Waals surface area (Å²) >= 11 is 9.15. The highest BCUT2D eigenvalue weighted by Gasteiger charge is 1.91. The van der Waals surface area contributed by atoms with Crippen LogP contribution in [0.25, 0.3) is 0 Å². The van der Waals surface area contributed by atoms with Gasteiger partial charge in [0.05, 0.1) is 2.42 Å². The topological polar surface area (TPSA) is 0 Å². The van der Waals surface area contributed by atoms with Crippen molar-refractivity contribution in [3.8, 4) is 0 Å². The highest BCUT2D eigenvalue weighted by molar-refractivity contribution is 14.2. The maximum absolute atomic E-state index is 5.65. The molecule has 0 saturated carbocycles. The predicted octanol–water partition coefficient (Wildman–Crippen LogP) is 3.13. The van der Waals surface area contributed by atoms with Crippen LogP contribution in [-0.4, -0.2) is 2.42 Å². The van der Waals surface area contributed by atoms with Gasteiger partial charge in [0, 0.05) is 5.03 Å². The normalized spacial score (nSPS) is 18.8. The lowest BCUT2D eigenvalue weighted by Gasteiger charge is -1.92. The van der Waals surface area contributed by atoms with Gasteiger partial charge in [0.1, 0.15) is 0 Å². The van der Waals surface area contributed by atoms with Crippen molar-refractivity contribution in [2.75, 3.05) is 0 Å². The summed E-state index contributed by atoms with van der Waals surface area (Å²) in [6, 6.07) is 0. The highest BCUT2D eigenvalue weighted by Crippen LogP contribution is 2.19. The molecule has 0 aromatic rings. The Morgan fingerprint density at radius 2 is 2.38 bits per heavy atom. The lowest BCUT2D eigenvalue weighted by atomic mass is 10.5. The largest absolute Gasteiger partial charge is 0.0843 e. The van der Waals surface area contributed by atoms with Gasteiger partial charge in [-0.05, 0) is 32.2 Å². The van der Waals surface area contributed by atoms with Crippen molar-refractivity contribution in [2.24, 2.45) is 0 Å². The Morgan fingerprint density at radius 3 is 2.75 bits per heavy atom. The van der Waals surface area contributed by atoms with Gasteiger partial charge in [-0.3, -0.25) is 0 Å². The van der Waals surface area contributed by atoms with Crippen LogP contribution in [-0.2, 0) is 0 Å². The molecule has 0 aromatic carbocycles. The first kappa shape index (κ1) is 6.96. The highest BCUT2D eigenvalue weighted by atomic mass is 127.